The second kappa shape index (κ2) is 23.1. The van der Waals surface area contributed by atoms with Gasteiger partial charge in [0.25, 0.3) is 0 Å². The summed E-state index contributed by atoms with van der Waals surface area (Å²) < 4.78 is 25.4. The van der Waals surface area contributed by atoms with Crippen molar-refractivity contribution in [3.05, 3.63) is 53.1 Å². The molecule has 0 fully saturated rings. The molecule has 0 radical (unpaired) electrons. The van der Waals surface area contributed by atoms with Gasteiger partial charge in [-0.2, -0.15) is 0 Å². The standard InChI is InChI=1S/C39H56Cl4N2O10/c1-11-12-14-25(4)29(53-34(48)31(19-24(2)3)54-35(49)38(8,9)22-44-36(50)55-37(5,6)7)15-13-16-32(46)45-28(33(47)52-23-39(41,42)43)21-26-17-18-30(51-10)27(40)20-26/h12-14,16-18,20,24-25,28-29,31H,11,15,19,21-23H2,1-10H3,(H,44,50)(H,45,46)/b14-12+,16-13+/t25-,28?,29+,31+/m1/s1. The molecule has 0 saturated carbocycles. The van der Waals surface area contributed by atoms with Crippen LogP contribution < -0.4 is 15.4 Å². The lowest BCUT2D eigenvalue weighted by Gasteiger charge is -2.29. The summed E-state index contributed by atoms with van der Waals surface area (Å²) in [5, 5.41) is 5.49. The largest absolute Gasteiger partial charge is 0.495 e. The van der Waals surface area contributed by atoms with Gasteiger partial charge in [0.05, 0.1) is 17.5 Å². The molecule has 0 aromatic heterocycles. The van der Waals surface area contributed by atoms with Gasteiger partial charge in [-0.1, -0.05) is 98.4 Å². The molecule has 1 unspecified atom stereocenters. The third kappa shape index (κ3) is 20.5. The molecule has 12 nitrogen and oxygen atoms in total. The maximum Gasteiger partial charge on any atom is 0.407 e. The number of hydrogen-bond donors (Lipinski definition) is 2. The first-order valence-electron chi connectivity index (χ1n) is 17.9. The zero-order chi connectivity index (χ0) is 42.1. The smallest absolute Gasteiger partial charge is 0.407 e. The molecule has 0 aliphatic carbocycles. The van der Waals surface area contributed by atoms with Gasteiger partial charge in [-0.3, -0.25) is 9.59 Å². The number of ether oxygens (including phenoxy) is 5. The lowest BCUT2D eigenvalue weighted by atomic mass is 9.93. The van der Waals surface area contributed by atoms with Crippen molar-refractivity contribution in [2.24, 2.45) is 17.3 Å². The highest BCUT2D eigenvalue weighted by molar-refractivity contribution is 6.67. The second-order valence-corrected chi connectivity index (χ2v) is 18.0. The maximum atomic E-state index is 13.6. The summed E-state index contributed by atoms with van der Waals surface area (Å²) in [6.45, 7) is 15.2. The van der Waals surface area contributed by atoms with Crippen molar-refractivity contribution in [3.8, 4) is 5.75 Å². The Bertz CT molecular complexity index is 1500. The number of halogens is 4. The van der Waals surface area contributed by atoms with Crippen LogP contribution in [0.5, 0.6) is 5.75 Å². The first kappa shape index (κ1) is 49.8. The number of alkyl halides is 3. The van der Waals surface area contributed by atoms with E-state index in [1.807, 2.05) is 39.8 Å². The van der Waals surface area contributed by atoms with Crippen molar-refractivity contribution in [2.75, 3.05) is 20.3 Å². The van der Waals surface area contributed by atoms with Crippen molar-refractivity contribution in [1.82, 2.24) is 10.6 Å². The number of carbonyl (C=O) groups excluding carboxylic acids is 5. The van der Waals surface area contributed by atoms with E-state index in [4.69, 9.17) is 70.1 Å². The molecule has 2 amide bonds. The summed E-state index contributed by atoms with van der Waals surface area (Å²) >= 11 is 23.6. The number of benzene rings is 1. The van der Waals surface area contributed by atoms with Gasteiger partial charge in [0.2, 0.25) is 9.70 Å². The second-order valence-electron chi connectivity index (χ2n) is 15.0. The molecule has 55 heavy (non-hydrogen) atoms. The zero-order valence-corrected chi connectivity index (χ0v) is 36.3. The van der Waals surface area contributed by atoms with Crippen LogP contribution in [-0.2, 0) is 44.5 Å². The van der Waals surface area contributed by atoms with Gasteiger partial charge in [-0.15, -0.1) is 0 Å². The van der Waals surface area contributed by atoms with E-state index in [1.165, 1.54) is 19.3 Å². The number of rotatable bonds is 20. The number of carbonyl (C=O) groups is 5. The number of nitrogens with one attached hydrogen (secondary N) is 2. The van der Waals surface area contributed by atoms with E-state index in [9.17, 15) is 24.0 Å². The van der Waals surface area contributed by atoms with Gasteiger partial charge in [-0.25, -0.2) is 14.4 Å². The number of amides is 2. The highest BCUT2D eigenvalue weighted by Crippen LogP contribution is 2.28. The van der Waals surface area contributed by atoms with Crippen molar-refractivity contribution in [3.63, 3.8) is 0 Å². The Morgan fingerprint density at radius 3 is 2.13 bits per heavy atom. The average Bonchev–Trinajstić information content (AvgIpc) is 3.06. The Kier molecular flexibility index (Phi) is 21.0. The number of esters is 3. The van der Waals surface area contributed by atoms with Crippen molar-refractivity contribution < 1.29 is 47.7 Å². The Hall–Kier alpha value is -3.19. The van der Waals surface area contributed by atoms with E-state index in [0.717, 1.165) is 6.42 Å². The van der Waals surface area contributed by atoms with Crippen molar-refractivity contribution >= 4 is 76.3 Å². The summed E-state index contributed by atoms with van der Waals surface area (Å²) in [4.78, 5) is 65.3. The highest BCUT2D eigenvalue weighted by atomic mass is 35.6. The predicted octanol–water partition coefficient (Wildman–Crippen LogP) is 8.26. The first-order chi connectivity index (χ1) is 25.4. The number of allylic oxidation sites excluding steroid dienone is 1. The molecule has 16 heteroatoms. The fourth-order valence-electron chi connectivity index (χ4n) is 4.71. The Morgan fingerprint density at radius 2 is 1.58 bits per heavy atom. The highest BCUT2D eigenvalue weighted by Gasteiger charge is 2.36. The third-order valence-corrected chi connectivity index (χ3v) is 8.25. The van der Waals surface area contributed by atoms with Crippen LogP contribution in [0.3, 0.4) is 0 Å². The van der Waals surface area contributed by atoms with Crippen LogP contribution in [0.25, 0.3) is 0 Å². The van der Waals surface area contributed by atoms with Gasteiger partial charge < -0.3 is 34.3 Å². The average molecular weight is 855 g/mol. The fourth-order valence-corrected chi connectivity index (χ4v) is 5.15. The molecule has 0 aliphatic heterocycles. The number of methoxy groups -OCH3 is 1. The topological polar surface area (TPSA) is 156 Å². The molecule has 1 rings (SSSR count). The molecule has 4 atom stereocenters. The van der Waals surface area contributed by atoms with E-state index < -0.39 is 69.6 Å². The summed E-state index contributed by atoms with van der Waals surface area (Å²) in [5.41, 5.74) is -1.34. The quantitative estimate of drug-likeness (QED) is 0.0431. The predicted molar refractivity (Wildman–Crippen MR) is 214 cm³/mol. The summed E-state index contributed by atoms with van der Waals surface area (Å²) in [7, 11) is 1.47. The molecule has 0 bridgehead atoms. The van der Waals surface area contributed by atoms with Gasteiger partial charge in [0, 0.05) is 25.3 Å². The summed E-state index contributed by atoms with van der Waals surface area (Å²) in [5.74, 6) is -2.88. The SMILES string of the molecule is CC/C=C/[C@@H](C)[C@H](C/C=C/C(=O)NC(Cc1ccc(OC)c(Cl)c1)C(=O)OCC(Cl)(Cl)Cl)OC(=O)[C@H](CC(C)C)OC(=O)C(C)(C)CNC(=O)OC(C)(C)C. The maximum absolute atomic E-state index is 13.6. The molecule has 0 aliphatic rings. The van der Waals surface area contributed by atoms with Crippen LogP contribution in [0.4, 0.5) is 4.79 Å². The fraction of sp³-hybridized carbons (Fsp3) is 0.615. The van der Waals surface area contributed by atoms with E-state index >= 15 is 0 Å². The van der Waals surface area contributed by atoms with Crippen LogP contribution in [-0.4, -0.2) is 77.8 Å². The monoisotopic (exact) mass is 852 g/mol. The molecular weight excluding hydrogens is 798 g/mol. The van der Waals surface area contributed by atoms with Gasteiger partial charge in [0.15, 0.2) is 6.10 Å². The Morgan fingerprint density at radius 1 is 0.927 bits per heavy atom. The Labute approximate surface area is 345 Å². The molecule has 310 valence electrons. The summed E-state index contributed by atoms with van der Waals surface area (Å²) in [6.07, 6.45) is 4.83. The minimum atomic E-state index is -1.87. The summed E-state index contributed by atoms with van der Waals surface area (Å²) in [6, 6.07) is 3.70. The van der Waals surface area contributed by atoms with Gasteiger partial charge in [-0.05, 0) is 77.2 Å². The third-order valence-electron chi connectivity index (χ3n) is 7.63. The molecule has 1 aromatic carbocycles. The van der Waals surface area contributed by atoms with E-state index in [-0.39, 0.29) is 37.6 Å². The minimum absolute atomic E-state index is 0.00903. The van der Waals surface area contributed by atoms with Crippen LogP contribution in [0.2, 0.25) is 5.02 Å². The minimum Gasteiger partial charge on any atom is -0.495 e. The van der Waals surface area contributed by atoms with Crippen molar-refractivity contribution in [2.45, 2.75) is 116 Å². The lowest BCUT2D eigenvalue weighted by Crippen LogP contribution is -2.44. The normalized spacial score (nSPS) is 14.5. The van der Waals surface area contributed by atoms with Gasteiger partial charge >= 0.3 is 24.0 Å². The lowest BCUT2D eigenvalue weighted by molar-refractivity contribution is -0.178. The molecule has 0 spiro atoms. The molecule has 0 heterocycles. The van der Waals surface area contributed by atoms with Crippen molar-refractivity contribution in [1.29, 1.82) is 0 Å². The molecule has 2 N–H and O–H groups in total. The van der Waals surface area contributed by atoms with Gasteiger partial charge in [0.1, 0.15) is 30.1 Å². The molecule has 1 aromatic rings. The van der Waals surface area contributed by atoms with E-state index in [1.54, 1.807) is 52.8 Å². The zero-order valence-electron chi connectivity index (χ0n) is 33.3. The van der Waals surface area contributed by atoms with Crippen LogP contribution in [0.15, 0.2) is 42.5 Å². The van der Waals surface area contributed by atoms with E-state index in [0.29, 0.717) is 16.3 Å². The van der Waals surface area contributed by atoms with Crippen LogP contribution in [0.1, 0.15) is 87.1 Å². The first-order valence-corrected chi connectivity index (χ1v) is 19.5. The number of hydrogen-bond acceptors (Lipinski definition) is 10. The van der Waals surface area contributed by atoms with E-state index in [2.05, 4.69) is 10.6 Å². The number of alkyl carbamates (subject to hydrolysis) is 1. The van der Waals surface area contributed by atoms with Crippen LogP contribution in [0, 0.1) is 17.3 Å². The Balaban J connectivity index is 3.18. The van der Waals surface area contributed by atoms with Crippen LogP contribution >= 0.6 is 46.4 Å². The molecular formula is C39H56Cl4N2O10. The molecule has 0 saturated heterocycles.